The summed E-state index contributed by atoms with van der Waals surface area (Å²) < 4.78 is 16.5. The van der Waals surface area contributed by atoms with Gasteiger partial charge in [-0.25, -0.2) is 9.37 Å². The molecule has 1 amide bonds. The van der Waals surface area contributed by atoms with Crippen molar-refractivity contribution >= 4 is 44.2 Å². The normalized spacial score (nSPS) is 14.2. The van der Waals surface area contributed by atoms with E-state index in [0.717, 1.165) is 23.8 Å². The van der Waals surface area contributed by atoms with Crippen LogP contribution in [-0.2, 0) is 4.79 Å². The van der Waals surface area contributed by atoms with Crippen molar-refractivity contribution in [3.63, 3.8) is 0 Å². The van der Waals surface area contributed by atoms with Gasteiger partial charge in [-0.15, -0.1) is 0 Å². The first-order chi connectivity index (χ1) is 12.6. The molecule has 8 heteroatoms. The third-order valence-electron chi connectivity index (χ3n) is 4.58. The van der Waals surface area contributed by atoms with Crippen molar-refractivity contribution in [2.24, 2.45) is 5.92 Å². The molecule has 0 spiro atoms. The second-order valence-electron chi connectivity index (χ2n) is 6.45. The fourth-order valence-corrected chi connectivity index (χ4v) is 3.65. The summed E-state index contributed by atoms with van der Waals surface area (Å²) in [5.41, 5.74) is 2.86. The molecule has 1 saturated carbocycles. The largest absolute Gasteiger partial charge is 0.309 e. The van der Waals surface area contributed by atoms with Gasteiger partial charge in [-0.05, 0) is 40.9 Å². The molecule has 1 fully saturated rings. The van der Waals surface area contributed by atoms with Crippen LogP contribution in [0, 0.1) is 11.7 Å². The first kappa shape index (κ1) is 15.5. The number of aromatic nitrogens is 4. The lowest BCUT2D eigenvalue weighted by Crippen LogP contribution is -2.13. The number of carbonyl (C=O) groups excluding carboxylic acids is 1. The number of halogens is 2. The molecule has 4 aromatic rings. The number of H-pyrrole nitrogens is 1. The van der Waals surface area contributed by atoms with Gasteiger partial charge < -0.3 is 9.72 Å². The van der Waals surface area contributed by atoms with E-state index in [4.69, 9.17) is 0 Å². The number of amides is 1. The number of aromatic amines is 1. The highest BCUT2D eigenvalue weighted by atomic mass is 79.9. The summed E-state index contributed by atoms with van der Waals surface area (Å²) in [6.45, 7) is 0. The second kappa shape index (κ2) is 5.63. The average Bonchev–Trinajstić information content (AvgIpc) is 3.25. The molecule has 2 N–H and O–H groups in total. The Morgan fingerprint density at radius 1 is 1.35 bits per heavy atom. The number of benzene rings is 1. The van der Waals surface area contributed by atoms with Crippen molar-refractivity contribution in [2.45, 2.75) is 12.8 Å². The van der Waals surface area contributed by atoms with Crippen LogP contribution in [0.1, 0.15) is 12.8 Å². The molecule has 1 aliphatic carbocycles. The van der Waals surface area contributed by atoms with Crippen LogP contribution in [0.3, 0.4) is 0 Å². The lowest BCUT2D eigenvalue weighted by molar-refractivity contribution is -0.117. The third-order valence-corrected chi connectivity index (χ3v) is 5.35. The topological polar surface area (TPSA) is 75.1 Å². The minimum Gasteiger partial charge on any atom is -0.309 e. The Kier molecular flexibility index (Phi) is 3.36. The van der Waals surface area contributed by atoms with Gasteiger partial charge in [-0.1, -0.05) is 0 Å². The van der Waals surface area contributed by atoms with Crippen molar-refractivity contribution in [3.05, 3.63) is 47.1 Å². The van der Waals surface area contributed by atoms with E-state index in [1.54, 1.807) is 12.4 Å². The standard InChI is InChI=1S/C18H13BrFN5O/c19-17-12(20)5-13-11(6-21-24-13)16(17)10-3-4-15-22-14(8-25(15)7-10)23-18(26)9-1-2-9/h3-9H,1-2H2,(H,21,24)(H,23,26). The molecule has 3 aromatic heterocycles. The predicted molar refractivity (Wildman–Crippen MR) is 99.3 cm³/mol. The summed E-state index contributed by atoms with van der Waals surface area (Å²) in [6.07, 6.45) is 7.18. The molecule has 0 atom stereocenters. The summed E-state index contributed by atoms with van der Waals surface area (Å²) in [5, 5.41) is 10.5. The SMILES string of the molecule is O=C(Nc1cn2cc(-c3c(Br)c(F)cc4[nH]ncc34)ccc2n1)C1CC1. The highest BCUT2D eigenvalue weighted by molar-refractivity contribution is 9.10. The minimum atomic E-state index is -0.361. The molecule has 1 aliphatic rings. The molecular formula is C18H13BrFN5O. The molecule has 130 valence electrons. The highest BCUT2D eigenvalue weighted by Gasteiger charge is 2.30. The van der Waals surface area contributed by atoms with Crippen LogP contribution in [0.15, 0.2) is 41.3 Å². The molecule has 0 saturated heterocycles. The van der Waals surface area contributed by atoms with Crippen molar-refractivity contribution in [1.82, 2.24) is 19.6 Å². The lowest BCUT2D eigenvalue weighted by atomic mass is 10.0. The molecular weight excluding hydrogens is 401 g/mol. The van der Waals surface area contributed by atoms with E-state index in [1.807, 2.05) is 22.7 Å². The second-order valence-corrected chi connectivity index (χ2v) is 7.24. The van der Waals surface area contributed by atoms with Crippen LogP contribution in [0.4, 0.5) is 10.2 Å². The van der Waals surface area contributed by atoms with E-state index in [0.29, 0.717) is 27.0 Å². The van der Waals surface area contributed by atoms with E-state index < -0.39 is 0 Å². The number of imidazole rings is 1. The van der Waals surface area contributed by atoms with Crippen LogP contribution >= 0.6 is 15.9 Å². The van der Waals surface area contributed by atoms with Gasteiger partial charge in [0, 0.05) is 34.7 Å². The third kappa shape index (κ3) is 2.48. The number of fused-ring (bicyclic) bond motifs is 2. The number of anilines is 1. The van der Waals surface area contributed by atoms with Gasteiger partial charge in [-0.2, -0.15) is 5.10 Å². The number of hydrogen-bond donors (Lipinski definition) is 2. The van der Waals surface area contributed by atoms with Crippen LogP contribution in [0.5, 0.6) is 0 Å². The maximum absolute atomic E-state index is 14.3. The first-order valence-corrected chi connectivity index (χ1v) is 9.00. The zero-order valence-corrected chi connectivity index (χ0v) is 15.0. The van der Waals surface area contributed by atoms with Gasteiger partial charge in [0.25, 0.3) is 0 Å². The van der Waals surface area contributed by atoms with Crippen LogP contribution in [0.2, 0.25) is 0 Å². The molecule has 3 heterocycles. The number of carbonyl (C=O) groups is 1. The number of nitrogens with zero attached hydrogens (tertiary/aromatic N) is 3. The number of pyridine rings is 1. The molecule has 6 nitrogen and oxygen atoms in total. The van der Waals surface area contributed by atoms with Crippen LogP contribution < -0.4 is 5.32 Å². The maximum Gasteiger partial charge on any atom is 0.228 e. The van der Waals surface area contributed by atoms with Crippen molar-refractivity contribution in [3.8, 4) is 11.1 Å². The van der Waals surface area contributed by atoms with E-state index in [2.05, 4.69) is 36.4 Å². The zero-order valence-electron chi connectivity index (χ0n) is 13.5. The Labute approximate surface area is 155 Å². The maximum atomic E-state index is 14.3. The predicted octanol–water partition coefficient (Wildman–Crippen LogP) is 4.13. The summed E-state index contributed by atoms with van der Waals surface area (Å²) in [7, 11) is 0. The number of rotatable bonds is 3. The zero-order chi connectivity index (χ0) is 17.8. The van der Waals surface area contributed by atoms with Crippen LogP contribution in [0.25, 0.3) is 27.7 Å². The monoisotopic (exact) mass is 413 g/mol. The molecule has 5 rings (SSSR count). The van der Waals surface area contributed by atoms with Gasteiger partial charge in [-0.3, -0.25) is 9.89 Å². The van der Waals surface area contributed by atoms with Crippen molar-refractivity contribution in [2.75, 3.05) is 5.32 Å². The van der Waals surface area contributed by atoms with E-state index in [9.17, 15) is 9.18 Å². The first-order valence-electron chi connectivity index (χ1n) is 8.21. The number of hydrogen-bond acceptors (Lipinski definition) is 3. The van der Waals surface area contributed by atoms with Gasteiger partial charge in [0.15, 0.2) is 5.82 Å². The van der Waals surface area contributed by atoms with Gasteiger partial charge in [0.2, 0.25) is 5.91 Å². The Morgan fingerprint density at radius 2 is 2.19 bits per heavy atom. The molecule has 26 heavy (non-hydrogen) atoms. The molecule has 0 unspecified atom stereocenters. The van der Waals surface area contributed by atoms with Gasteiger partial charge in [0.1, 0.15) is 11.5 Å². The Balaban J connectivity index is 1.60. The quantitative estimate of drug-likeness (QED) is 0.530. The Hall–Kier alpha value is -2.74. The van der Waals surface area contributed by atoms with Crippen molar-refractivity contribution in [1.29, 1.82) is 0 Å². The van der Waals surface area contributed by atoms with Crippen LogP contribution in [-0.4, -0.2) is 25.5 Å². The summed E-state index contributed by atoms with van der Waals surface area (Å²) in [6, 6.07) is 5.13. The molecule has 0 bridgehead atoms. The summed E-state index contributed by atoms with van der Waals surface area (Å²) in [4.78, 5) is 16.3. The fourth-order valence-electron chi connectivity index (χ4n) is 3.09. The van der Waals surface area contributed by atoms with Gasteiger partial charge in [0.05, 0.1) is 22.4 Å². The summed E-state index contributed by atoms with van der Waals surface area (Å²) in [5.74, 6) is 0.292. The molecule has 1 aromatic carbocycles. The van der Waals surface area contributed by atoms with Gasteiger partial charge >= 0.3 is 0 Å². The van der Waals surface area contributed by atoms with E-state index in [-0.39, 0.29) is 17.6 Å². The Morgan fingerprint density at radius 3 is 3.00 bits per heavy atom. The van der Waals surface area contributed by atoms with E-state index in [1.165, 1.54) is 6.07 Å². The lowest BCUT2D eigenvalue weighted by Gasteiger charge is -2.08. The van der Waals surface area contributed by atoms with E-state index >= 15 is 0 Å². The van der Waals surface area contributed by atoms with Crippen molar-refractivity contribution < 1.29 is 9.18 Å². The Bertz CT molecular complexity index is 1180. The minimum absolute atomic E-state index is 0.0154. The number of nitrogens with one attached hydrogen (secondary N) is 2. The average molecular weight is 414 g/mol. The fraction of sp³-hybridized carbons (Fsp3) is 0.167. The molecule has 0 radical (unpaired) electrons. The smallest absolute Gasteiger partial charge is 0.228 e. The highest BCUT2D eigenvalue weighted by Crippen LogP contribution is 2.37. The molecule has 0 aliphatic heterocycles. The summed E-state index contributed by atoms with van der Waals surface area (Å²) >= 11 is 3.35.